The minimum atomic E-state index is -4.15. The highest BCUT2D eigenvalue weighted by Gasteiger charge is 2.26. The molecule has 0 bridgehead atoms. The average molecular weight is 276 g/mol. The highest BCUT2D eigenvalue weighted by molar-refractivity contribution is 5.79. The van der Waals surface area contributed by atoms with Crippen molar-refractivity contribution in [3.63, 3.8) is 0 Å². The zero-order chi connectivity index (χ0) is 14.5. The van der Waals surface area contributed by atoms with Crippen molar-refractivity contribution < 1.29 is 13.2 Å². The monoisotopic (exact) mass is 276 g/mol. The second-order valence-corrected chi connectivity index (χ2v) is 4.31. The summed E-state index contributed by atoms with van der Waals surface area (Å²) < 4.78 is 38.2. The van der Waals surface area contributed by atoms with Crippen LogP contribution in [0.15, 0.2) is 23.3 Å². The Labute approximate surface area is 110 Å². The van der Waals surface area contributed by atoms with E-state index in [1.165, 1.54) is 0 Å². The molecule has 0 unspecified atom stereocenters. The number of hydrogen-bond donors (Lipinski definition) is 1. The van der Waals surface area contributed by atoms with Gasteiger partial charge in [0.05, 0.1) is 13.0 Å². The minimum absolute atomic E-state index is 0.173. The molecule has 0 aliphatic heterocycles. The molecule has 0 amide bonds. The molecule has 108 valence electrons. The summed E-state index contributed by atoms with van der Waals surface area (Å²) in [4.78, 5) is 5.76. The van der Waals surface area contributed by atoms with Crippen LogP contribution < -0.4 is 5.32 Å². The number of aryl methyl sites for hydroxylation is 1. The van der Waals surface area contributed by atoms with Gasteiger partial charge in [0.15, 0.2) is 5.96 Å². The smallest absolute Gasteiger partial charge is 0.356 e. The molecular formula is C12H19F3N4. The van der Waals surface area contributed by atoms with Gasteiger partial charge in [0.25, 0.3) is 0 Å². The highest BCUT2D eigenvalue weighted by atomic mass is 19.4. The van der Waals surface area contributed by atoms with Gasteiger partial charge in [-0.05, 0) is 12.1 Å². The van der Waals surface area contributed by atoms with Crippen LogP contribution in [0.25, 0.3) is 0 Å². The molecule has 1 rings (SSSR count). The van der Waals surface area contributed by atoms with E-state index in [0.717, 1.165) is 5.69 Å². The average Bonchev–Trinajstić information content (AvgIpc) is 2.69. The Morgan fingerprint density at radius 3 is 2.63 bits per heavy atom. The predicted molar refractivity (Wildman–Crippen MR) is 68.9 cm³/mol. The quantitative estimate of drug-likeness (QED) is 0.674. The summed E-state index contributed by atoms with van der Waals surface area (Å²) in [6.45, 7) is 0.406. The maximum atomic E-state index is 12.1. The van der Waals surface area contributed by atoms with E-state index in [9.17, 15) is 13.2 Å². The first kappa shape index (κ1) is 15.4. The summed E-state index contributed by atoms with van der Waals surface area (Å²) in [5.74, 6) is 0.449. The second-order valence-electron chi connectivity index (χ2n) is 4.31. The molecule has 0 aromatic carbocycles. The first-order valence-electron chi connectivity index (χ1n) is 5.92. The zero-order valence-electron chi connectivity index (χ0n) is 11.3. The molecule has 0 aliphatic rings. The number of nitrogens with zero attached hydrogens (tertiary/aromatic N) is 3. The summed E-state index contributed by atoms with van der Waals surface area (Å²) in [7, 11) is 5.26. The lowest BCUT2D eigenvalue weighted by Gasteiger charge is -2.22. The van der Waals surface area contributed by atoms with Crippen LogP contribution in [0, 0.1) is 0 Å². The number of aromatic nitrogens is 1. The van der Waals surface area contributed by atoms with E-state index in [-0.39, 0.29) is 6.54 Å². The third kappa shape index (κ3) is 5.23. The fourth-order valence-electron chi connectivity index (χ4n) is 1.68. The van der Waals surface area contributed by atoms with Crippen LogP contribution in [0.1, 0.15) is 12.1 Å². The van der Waals surface area contributed by atoms with Crippen molar-refractivity contribution in [1.82, 2.24) is 14.8 Å². The molecule has 1 aromatic heterocycles. The summed E-state index contributed by atoms with van der Waals surface area (Å²) in [6.07, 6.45) is -3.10. The molecule has 0 spiro atoms. The molecule has 0 fully saturated rings. The standard InChI is InChI=1S/C12H19F3N4/c1-16-11(17-7-6-12(13,14)15)19(3)9-10-5-4-8-18(10)2/h4-5,8H,6-7,9H2,1-3H3,(H,16,17). The van der Waals surface area contributed by atoms with E-state index in [1.54, 1.807) is 19.0 Å². The van der Waals surface area contributed by atoms with Gasteiger partial charge in [-0.2, -0.15) is 13.2 Å². The van der Waals surface area contributed by atoms with Crippen molar-refractivity contribution in [1.29, 1.82) is 0 Å². The fraction of sp³-hybridized carbons (Fsp3) is 0.583. The van der Waals surface area contributed by atoms with E-state index < -0.39 is 12.6 Å². The maximum Gasteiger partial charge on any atom is 0.390 e. The van der Waals surface area contributed by atoms with Crippen molar-refractivity contribution in [2.45, 2.75) is 19.1 Å². The largest absolute Gasteiger partial charge is 0.390 e. The topological polar surface area (TPSA) is 32.6 Å². The van der Waals surface area contributed by atoms with E-state index >= 15 is 0 Å². The van der Waals surface area contributed by atoms with Crippen LogP contribution in [-0.2, 0) is 13.6 Å². The van der Waals surface area contributed by atoms with Gasteiger partial charge in [-0.1, -0.05) is 0 Å². The van der Waals surface area contributed by atoms with Gasteiger partial charge in [-0.3, -0.25) is 4.99 Å². The Kier molecular flexibility index (Phi) is 5.26. The first-order valence-corrected chi connectivity index (χ1v) is 5.92. The first-order chi connectivity index (χ1) is 8.83. The van der Waals surface area contributed by atoms with Gasteiger partial charge in [-0.15, -0.1) is 0 Å². The summed E-state index contributed by atoms with van der Waals surface area (Å²) in [5, 5.41) is 2.70. The number of nitrogens with one attached hydrogen (secondary N) is 1. The lowest BCUT2D eigenvalue weighted by molar-refractivity contribution is -0.132. The summed E-state index contributed by atoms with van der Waals surface area (Å²) in [6, 6.07) is 3.88. The van der Waals surface area contributed by atoms with Gasteiger partial charge in [-0.25, -0.2) is 0 Å². The third-order valence-corrected chi connectivity index (χ3v) is 2.72. The van der Waals surface area contributed by atoms with Gasteiger partial charge in [0.2, 0.25) is 0 Å². The predicted octanol–water partition coefficient (Wildman–Crippen LogP) is 1.98. The summed E-state index contributed by atoms with van der Waals surface area (Å²) in [5.41, 5.74) is 1.06. The SMILES string of the molecule is CN=C(NCCC(F)(F)F)N(C)Cc1cccn1C. The van der Waals surface area contributed by atoms with Crippen LogP contribution in [0.3, 0.4) is 0 Å². The van der Waals surface area contributed by atoms with E-state index in [0.29, 0.717) is 12.5 Å². The number of aliphatic imine (C=N–C) groups is 1. The van der Waals surface area contributed by atoms with Crippen LogP contribution in [0.4, 0.5) is 13.2 Å². The van der Waals surface area contributed by atoms with Crippen molar-refractivity contribution in [2.24, 2.45) is 12.0 Å². The number of guanidine groups is 1. The lowest BCUT2D eigenvalue weighted by atomic mass is 10.4. The van der Waals surface area contributed by atoms with E-state index in [1.807, 2.05) is 29.9 Å². The molecule has 4 nitrogen and oxygen atoms in total. The Morgan fingerprint density at radius 1 is 1.47 bits per heavy atom. The lowest BCUT2D eigenvalue weighted by Crippen LogP contribution is -2.40. The number of alkyl halides is 3. The molecule has 0 atom stereocenters. The maximum absolute atomic E-state index is 12.1. The molecule has 0 saturated heterocycles. The van der Waals surface area contributed by atoms with Crippen molar-refractivity contribution in [3.05, 3.63) is 24.0 Å². The van der Waals surface area contributed by atoms with Crippen molar-refractivity contribution in [2.75, 3.05) is 20.6 Å². The number of halogens is 3. The molecule has 1 aromatic rings. The van der Waals surface area contributed by atoms with Crippen molar-refractivity contribution >= 4 is 5.96 Å². The molecule has 1 heterocycles. The molecule has 0 saturated carbocycles. The van der Waals surface area contributed by atoms with Gasteiger partial charge in [0.1, 0.15) is 0 Å². The van der Waals surface area contributed by atoms with Gasteiger partial charge in [0, 0.05) is 39.6 Å². The molecule has 19 heavy (non-hydrogen) atoms. The molecule has 0 radical (unpaired) electrons. The molecule has 0 aliphatic carbocycles. The Hall–Kier alpha value is -1.66. The zero-order valence-corrected chi connectivity index (χ0v) is 11.3. The normalized spacial score (nSPS) is 12.6. The molecular weight excluding hydrogens is 257 g/mol. The van der Waals surface area contributed by atoms with Crippen molar-refractivity contribution in [3.8, 4) is 0 Å². The van der Waals surface area contributed by atoms with Crippen LogP contribution >= 0.6 is 0 Å². The Bertz CT molecular complexity index is 423. The van der Waals surface area contributed by atoms with E-state index in [2.05, 4.69) is 10.3 Å². The number of hydrogen-bond acceptors (Lipinski definition) is 1. The summed E-state index contributed by atoms with van der Waals surface area (Å²) >= 11 is 0. The third-order valence-electron chi connectivity index (χ3n) is 2.72. The number of rotatable bonds is 4. The second kappa shape index (κ2) is 6.49. The van der Waals surface area contributed by atoms with E-state index in [4.69, 9.17) is 0 Å². The molecule has 1 N–H and O–H groups in total. The molecule has 7 heteroatoms. The van der Waals surface area contributed by atoms with Crippen LogP contribution in [0.2, 0.25) is 0 Å². The fourth-order valence-corrected chi connectivity index (χ4v) is 1.68. The Balaban J connectivity index is 2.49. The van der Waals surface area contributed by atoms with Crippen LogP contribution in [-0.4, -0.2) is 42.2 Å². The van der Waals surface area contributed by atoms with Crippen LogP contribution in [0.5, 0.6) is 0 Å². The van der Waals surface area contributed by atoms with Gasteiger partial charge >= 0.3 is 6.18 Å². The minimum Gasteiger partial charge on any atom is -0.356 e. The Morgan fingerprint density at radius 2 is 2.16 bits per heavy atom. The highest BCUT2D eigenvalue weighted by Crippen LogP contribution is 2.18. The van der Waals surface area contributed by atoms with Gasteiger partial charge < -0.3 is 14.8 Å².